The highest BCUT2D eigenvalue weighted by molar-refractivity contribution is 6.31. The van der Waals surface area contributed by atoms with E-state index >= 15 is 0 Å². The van der Waals surface area contributed by atoms with Gasteiger partial charge in [0.05, 0.1) is 17.7 Å². The molecule has 2 N–H and O–H groups in total. The largest absolute Gasteiger partial charge is 0.507 e. The van der Waals surface area contributed by atoms with Crippen LogP contribution in [0.3, 0.4) is 0 Å². The standard InChI is InChI=1S/C21H16ClN3O2/c22-15-10-11-16-18(12-15)23-20(17-8-4-5-9-19(17)26)24-21(16)25-27-13-14-6-2-1-3-7-14/h1-12,26H,13H2,(H,23,24,25). The first-order valence-electron chi connectivity index (χ1n) is 8.38. The van der Waals surface area contributed by atoms with Crippen molar-refractivity contribution in [1.82, 2.24) is 9.97 Å². The van der Waals surface area contributed by atoms with Crippen molar-refractivity contribution in [2.75, 3.05) is 5.48 Å². The second kappa shape index (κ2) is 7.61. The third kappa shape index (κ3) is 3.84. The Kier molecular flexibility index (Phi) is 4.87. The molecule has 1 aromatic heterocycles. The molecule has 6 heteroatoms. The third-order valence-corrected chi connectivity index (χ3v) is 4.29. The number of aromatic hydroxyl groups is 1. The molecule has 1 heterocycles. The molecule has 0 fully saturated rings. The van der Waals surface area contributed by atoms with Gasteiger partial charge in [-0.15, -0.1) is 0 Å². The van der Waals surface area contributed by atoms with Gasteiger partial charge in [-0.3, -0.25) is 4.84 Å². The van der Waals surface area contributed by atoms with E-state index in [2.05, 4.69) is 15.4 Å². The van der Waals surface area contributed by atoms with Gasteiger partial charge in [-0.1, -0.05) is 54.1 Å². The molecule has 0 saturated carbocycles. The van der Waals surface area contributed by atoms with E-state index in [0.29, 0.717) is 34.4 Å². The van der Waals surface area contributed by atoms with E-state index in [-0.39, 0.29) is 5.75 Å². The molecule has 0 unspecified atom stereocenters. The van der Waals surface area contributed by atoms with Crippen LogP contribution in [-0.4, -0.2) is 15.1 Å². The molecule has 5 nitrogen and oxygen atoms in total. The highest BCUT2D eigenvalue weighted by Gasteiger charge is 2.12. The zero-order chi connectivity index (χ0) is 18.6. The summed E-state index contributed by atoms with van der Waals surface area (Å²) < 4.78 is 0. The summed E-state index contributed by atoms with van der Waals surface area (Å²) in [5, 5.41) is 11.5. The molecule has 27 heavy (non-hydrogen) atoms. The van der Waals surface area contributed by atoms with Crippen LogP contribution < -0.4 is 5.48 Å². The average Bonchev–Trinajstić information content (AvgIpc) is 2.68. The molecule has 0 amide bonds. The number of anilines is 1. The van der Waals surface area contributed by atoms with Gasteiger partial charge >= 0.3 is 0 Å². The number of nitrogens with zero attached hydrogens (tertiary/aromatic N) is 2. The second-order valence-electron chi connectivity index (χ2n) is 5.95. The number of aromatic nitrogens is 2. The van der Waals surface area contributed by atoms with E-state index in [9.17, 15) is 5.11 Å². The van der Waals surface area contributed by atoms with Crippen molar-refractivity contribution in [3.63, 3.8) is 0 Å². The summed E-state index contributed by atoms with van der Waals surface area (Å²) in [6, 6.07) is 22.1. The summed E-state index contributed by atoms with van der Waals surface area (Å²) in [4.78, 5) is 14.7. The van der Waals surface area contributed by atoms with Gasteiger partial charge in [-0.05, 0) is 35.9 Å². The molecule has 0 bridgehead atoms. The first kappa shape index (κ1) is 17.3. The summed E-state index contributed by atoms with van der Waals surface area (Å²) in [5.74, 6) is 0.995. The van der Waals surface area contributed by atoms with Crippen molar-refractivity contribution < 1.29 is 9.94 Å². The molecule has 0 atom stereocenters. The lowest BCUT2D eigenvalue weighted by Gasteiger charge is -2.12. The lowest BCUT2D eigenvalue weighted by Crippen LogP contribution is -2.05. The molecule has 4 rings (SSSR count). The van der Waals surface area contributed by atoms with Gasteiger partial charge in [0.2, 0.25) is 0 Å². The fourth-order valence-corrected chi connectivity index (χ4v) is 2.89. The predicted molar refractivity (Wildman–Crippen MR) is 107 cm³/mol. The number of para-hydroxylation sites is 1. The van der Waals surface area contributed by atoms with Crippen LogP contribution in [-0.2, 0) is 11.4 Å². The fourth-order valence-electron chi connectivity index (χ4n) is 2.73. The third-order valence-electron chi connectivity index (χ3n) is 4.05. The van der Waals surface area contributed by atoms with Gasteiger partial charge < -0.3 is 5.11 Å². The van der Waals surface area contributed by atoms with Crippen LogP contribution in [0, 0.1) is 0 Å². The fraction of sp³-hybridized carbons (Fsp3) is 0.0476. The van der Waals surface area contributed by atoms with Crippen LogP contribution in [0.1, 0.15) is 5.56 Å². The number of nitrogens with one attached hydrogen (secondary N) is 1. The predicted octanol–water partition coefficient (Wildman–Crippen LogP) is 5.20. The highest BCUT2D eigenvalue weighted by Crippen LogP contribution is 2.31. The molecule has 0 saturated heterocycles. The van der Waals surface area contributed by atoms with Gasteiger partial charge in [-0.2, -0.15) is 0 Å². The minimum atomic E-state index is 0.107. The van der Waals surface area contributed by atoms with Crippen LogP contribution in [0.4, 0.5) is 5.82 Å². The van der Waals surface area contributed by atoms with E-state index in [1.807, 2.05) is 42.5 Å². The summed E-state index contributed by atoms with van der Waals surface area (Å²) >= 11 is 6.12. The van der Waals surface area contributed by atoms with Gasteiger partial charge in [0, 0.05) is 10.4 Å². The Bertz CT molecular complexity index is 1090. The van der Waals surface area contributed by atoms with Crippen molar-refractivity contribution in [1.29, 1.82) is 0 Å². The lowest BCUT2D eigenvalue weighted by molar-refractivity contribution is 0.179. The smallest absolute Gasteiger partial charge is 0.165 e. The molecule has 0 aliphatic heterocycles. The number of hydrogen-bond donors (Lipinski definition) is 2. The Balaban J connectivity index is 1.70. The van der Waals surface area contributed by atoms with Crippen molar-refractivity contribution >= 4 is 28.3 Å². The average molecular weight is 378 g/mol. The number of hydrogen-bond acceptors (Lipinski definition) is 5. The molecule has 0 radical (unpaired) electrons. The Hall–Kier alpha value is -3.15. The van der Waals surface area contributed by atoms with Gasteiger partial charge in [0.15, 0.2) is 11.6 Å². The maximum atomic E-state index is 10.1. The molecule has 4 aromatic rings. The van der Waals surface area contributed by atoms with Gasteiger partial charge in [0.1, 0.15) is 5.75 Å². The molecule has 0 spiro atoms. The van der Waals surface area contributed by atoms with E-state index in [0.717, 1.165) is 10.9 Å². The molecule has 3 aromatic carbocycles. The number of rotatable bonds is 5. The number of halogens is 1. The Morgan fingerprint density at radius 3 is 2.52 bits per heavy atom. The number of phenols is 1. The van der Waals surface area contributed by atoms with E-state index < -0.39 is 0 Å². The van der Waals surface area contributed by atoms with Crippen molar-refractivity contribution in [3.05, 3.63) is 83.4 Å². The maximum Gasteiger partial charge on any atom is 0.165 e. The molecular formula is C21H16ClN3O2. The van der Waals surface area contributed by atoms with Crippen LogP contribution >= 0.6 is 11.6 Å². The van der Waals surface area contributed by atoms with E-state index in [1.54, 1.807) is 30.3 Å². The zero-order valence-corrected chi connectivity index (χ0v) is 15.0. The number of fused-ring (bicyclic) bond motifs is 1. The SMILES string of the molecule is Oc1ccccc1-c1nc(NOCc2ccccc2)c2ccc(Cl)cc2n1. The minimum Gasteiger partial charge on any atom is -0.507 e. The summed E-state index contributed by atoms with van der Waals surface area (Å²) in [6.45, 7) is 0.381. The second-order valence-corrected chi connectivity index (χ2v) is 6.39. The van der Waals surface area contributed by atoms with E-state index in [1.165, 1.54) is 0 Å². The summed E-state index contributed by atoms with van der Waals surface area (Å²) in [5.41, 5.74) is 5.13. The molecular weight excluding hydrogens is 362 g/mol. The van der Waals surface area contributed by atoms with Gasteiger partial charge in [-0.25, -0.2) is 15.4 Å². The lowest BCUT2D eigenvalue weighted by atomic mass is 10.1. The van der Waals surface area contributed by atoms with Crippen LogP contribution in [0.25, 0.3) is 22.3 Å². The summed E-state index contributed by atoms with van der Waals surface area (Å²) in [6.07, 6.45) is 0. The number of benzene rings is 3. The Labute approximate surface area is 161 Å². The van der Waals surface area contributed by atoms with Crippen molar-refractivity contribution in [2.45, 2.75) is 6.61 Å². The van der Waals surface area contributed by atoms with Crippen LogP contribution in [0.2, 0.25) is 5.02 Å². The number of phenolic OH excluding ortho intramolecular Hbond substituents is 1. The quantitative estimate of drug-likeness (QED) is 0.468. The monoisotopic (exact) mass is 377 g/mol. The Morgan fingerprint density at radius 2 is 1.70 bits per heavy atom. The van der Waals surface area contributed by atoms with E-state index in [4.69, 9.17) is 16.4 Å². The maximum absolute atomic E-state index is 10.1. The van der Waals surface area contributed by atoms with Crippen molar-refractivity contribution in [2.24, 2.45) is 0 Å². The van der Waals surface area contributed by atoms with Crippen molar-refractivity contribution in [3.8, 4) is 17.1 Å². The Morgan fingerprint density at radius 1 is 0.926 bits per heavy atom. The highest BCUT2D eigenvalue weighted by atomic mass is 35.5. The molecule has 0 aliphatic rings. The minimum absolute atomic E-state index is 0.107. The zero-order valence-electron chi connectivity index (χ0n) is 14.3. The molecule has 0 aliphatic carbocycles. The normalized spacial score (nSPS) is 10.9. The molecule has 134 valence electrons. The van der Waals surface area contributed by atoms with Crippen LogP contribution in [0.15, 0.2) is 72.8 Å². The topological polar surface area (TPSA) is 67.3 Å². The first-order chi connectivity index (χ1) is 13.2. The van der Waals surface area contributed by atoms with Crippen LogP contribution in [0.5, 0.6) is 5.75 Å². The first-order valence-corrected chi connectivity index (χ1v) is 8.76. The summed E-state index contributed by atoms with van der Waals surface area (Å²) in [7, 11) is 0. The van der Waals surface area contributed by atoms with Gasteiger partial charge in [0.25, 0.3) is 0 Å².